The minimum atomic E-state index is -0.183. The van der Waals surface area contributed by atoms with Crippen LogP contribution in [-0.4, -0.2) is 36.9 Å². The van der Waals surface area contributed by atoms with E-state index in [2.05, 4.69) is 5.32 Å². The average Bonchev–Trinajstić information content (AvgIpc) is 2.04. The van der Waals surface area contributed by atoms with Crippen molar-refractivity contribution in [1.29, 1.82) is 0 Å². The topological polar surface area (TPSA) is 49.4 Å². The van der Waals surface area contributed by atoms with Gasteiger partial charge < -0.3 is 5.32 Å². The summed E-state index contributed by atoms with van der Waals surface area (Å²) in [5.74, 6) is -0.296. The Hall–Kier alpha value is -0.900. The molecule has 0 aliphatic carbocycles. The number of likely N-dealkylation sites (N-methyl/N-ethyl adjacent to an activating group) is 1. The molecule has 2 amide bonds. The van der Waals surface area contributed by atoms with Crippen molar-refractivity contribution in [2.45, 2.75) is 20.3 Å². The van der Waals surface area contributed by atoms with E-state index in [0.717, 1.165) is 0 Å². The molecule has 0 saturated heterocycles. The van der Waals surface area contributed by atoms with Crippen molar-refractivity contribution in [3.05, 3.63) is 0 Å². The number of carbonyl (C=O) groups excluding carboxylic acids is 2. The van der Waals surface area contributed by atoms with E-state index in [0.29, 0.717) is 19.5 Å². The van der Waals surface area contributed by atoms with Crippen LogP contribution in [0.1, 0.15) is 20.3 Å². The van der Waals surface area contributed by atoms with Crippen molar-refractivity contribution in [1.82, 2.24) is 10.2 Å². The molecular formula is C8H16N2O2. The third kappa shape index (κ3) is 3.48. The minimum Gasteiger partial charge on any atom is -0.318 e. The zero-order valence-corrected chi connectivity index (χ0v) is 7.89. The summed E-state index contributed by atoms with van der Waals surface area (Å²) < 4.78 is 0. The maximum absolute atomic E-state index is 11.1. The summed E-state index contributed by atoms with van der Waals surface area (Å²) in [7, 11) is 1.79. The molecule has 0 spiro atoms. The number of hydrogen-bond donors (Lipinski definition) is 1. The minimum absolute atomic E-state index is 0.113. The molecule has 0 atom stereocenters. The van der Waals surface area contributed by atoms with Crippen LogP contribution in [0.3, 0.4) is 0 Å². The Morgan fingerprint density at radius 1 is 1.42 bits per heavy atom. The maximum atomic E-state index is 11.1. The van der Waals surface area contributed by atoms with Gasteiger partial charge in [-0.2, -0.15) is 0 Å². The van der Waals surface area contributed by atoms with Gasteiger partial charge in [0.2, 0.25) is 11.8 Å². The number of nitrogens with one attached hydrogen (secondary N) is 1. The normalized spacial score (nSPS) is 9.58. The number of imide groups is 1. The number of nitrogens with zero attached hydrogens (tertiary/aromatic N) is 1. The Bertz CT molecular complexity index is 168. The van der Waals surface area contributed by atoms with E-state index in [1.54, 1.807) is 14.0 Å². The molecule has 0 aromatic rings. The first-order valence-electron chi connectivity index (χ1n) is 4.09. The van der Waals surface area contributed by atoms with Gasteiger partial charge >= 0.3 is 0 Å². The molecule has 0 aromatic heterocycles. The van der Waals surface area contributed by atoms with E-state index in [4.69, 9.17) is 0 Å². The number of carbonyl (C=O) groups is 2. The summed E-state index contributed by atoms with van der Waals surface area (Å²) in [4.78, 5) is 23.3. The Balaban J connectivity index is 4.04. The molecule has 70 valence electrons. The molecule has 0 heterocycles. The molecular weight excluding hydrogens is 156 g/mol. The predicted molar refractivity (Wildman–Crippen MR) is 46.6 cm³/mol. The lowest BCUT2D eigenvalue weighted by Gasteiger charge is -2.17. The largest absolute Gasteiger partial charge is 0.318 e. The second kappa shape index (κ2) is 5.71. The van der Waals surface area contributed by atoms with E-state index in [1.165, 1.54) is 11.8 Å². The van der Waals surface area contributed by atoms with Crippen molar-refractivity contribution >= 4 is 11.8 Å². The van der Waals surface area contributed by atoms with E-state index in [-0.39, 0.29) is 11.8 Å². The molecule has 4 nitrogen and oxygen atoms in total. The van der Waals surface area contributed by atoms with E-state index in [1.807, 2.05) is 0 Å². The summed E-state index contributed by atoms with van der Waals surface area (Å²) in [6.07, 6.45) is 0.378. The number of hydrogen-bond acceptors (Lipinski definition) is 3. The first kappa shape index (κ1) is 11.1. The molecule has 0 aliphatic heterocycles. The first-order valence-corrected chi connectivity index (χ1v) is 4.09. The summed E-state index contributed by atoms with van der Waals surface area (Å²) in [6, 6.07) is 0. The Morgan fingerprint density at radius 2 is 2.00 bits per heavy atom. The van der Waals surface area contributed by atoms with Gasteiger partial charge in [0.25, 0.3) is 0 Å². The van der Waals surface area contributed by atoms with Crippen LogP contribution in [-0.2, 0) is 9.59 Å². The van der Waals surface area contributed by atoms with E-state index in [9.17, 15) is 9.59 Å². The Morgan fingerprint density at radius 3 is 2.33 bits per heavy atom. The number of amides is 2. The molecule has 0 saturated carbocycles. The lowest BCUT2D eigenvalue weighted by molar-refractivity contribution is -0.143. The van der Waals surface area contributed by atoms with Crippen LogP contribution in [0.4, 0.5) is 0 Å². The van der Waals surface area contributed by atoms with Gasteiger partial charge in [-0.3, -0.25) is 14.5 Å². The van der Waals surface area contributed by atoms with Gasteiger partial charge in [0.15, 0.2) is 0 Å². The number of rotatable bonds is 4. The van der Waals surface area contributed by atoms with Gasteiger partial charge in [-0.25, -0.2) is 0 Å². The highest BCUT2D eigenvalue weighted by Gasteiger charge is 2.14. The van der Waals surface area contributed by atoms with Crippen molar-refractivity contribution in [2.75, 3.05) is 20.1 Å². The highest BCUT2D eigenvalue weighted by Crippen LogP contribution is 1.93. The van der Waals surface area contributed by atoms with E-state index < -0.39 is 0 Å². The average molecular weight is 172 g/mol. The molecule has 1 N–H and O–H groups in total. The molecule has 12 heavy (non-hydrogen) atoms. The van der Waals surface area contributed by atoms with Crippen molar-refractivity contribution in [2.24, 2.45) is 0 Å². The van der Waals surface area contributed by atoms with Gasteiger partial charge in [0.1, 0.15) is 0 Å². The van der Waals surface area contributed by atoms with Crippen molar-refractivity contribution in [3.8, 4) is 0 Å². The SMILES string of the molecule is CCC(=O)N(CCNC)C(C)=O. The second-order valence-corrected chi connectivity index (χ2v) is 2.52. The van der Waals surface area contributed by atoms with Crippen LogP contribution in [0.25, 0.3) is 0 Å². The van der Waals surface area contributed by atoms with Crippen LogP contribution < -0.4 is 5.32 Å². The predicted octanol–water partition coefficient (Wildman–Crippen LogP) is -0.00910. The zero-order valence-electron chi connectivity index (χ0n) is 7.89. The molecule has 0 aliphatic rings. The Kier molecular flexibility index (Phi) is 5.28. The standard InChI is InChI=1S/C8H16N2O2/c1-4-8(12)10(7(2)11)6-5-9-3/h9H,4-6H2,1-3H3. The van der Waals surface area contributed by atoms with Crippen LogP contribution in [0.5, 0.6) is 0 Å². The van der Waals surface area contributed by atoms with Crippen LogP contribution in [0.15, 0.2) is 0 Å². The molecule has 0 unspecified atom stereocenters. The molecule has 0 fully saturated rings. The highest BCUT2D eigenvalue weighted by atomic mass is 16.2. The zero-order chi connectivity index (χ0) is 9.56. The fourth-order valence-electron chi connectivity index (χ4n) is 0.872. The van der Waals surface area contributed by atoms with Gasteiger partial charge in [0.05, 0.1) is 0 Å². The van der Waals surface area contributed by atoms with Crippen LogP contribution in [0, 0.1) is 0 Å². The molecule has 0 radical (unpaired) electrons. The fourth-order valence-corrected chi connectivity index (χ4v) is 0.872. The lowest BCUT2D eigenvalue weighted by Crippen LogP contribution is -2.39. The van der Waals surface area contributed by atoms with Gasteiger partial charge in [-0.1, -0.05) is 6.92 Å². The third-order valence-electron chi connectivity index (χ3n) is 1.57. The molecule has 0 rings (SSSR count). The van der Waals surface area contributed by atoms with Crippen LogP contribution in [0.2, 0.25) is 0 Å². The Labute approximate surface area is 72.9 Å². The van der Waals surface area contributed by atoms with E-state index >= 15 is 0 Å². The smallest absolute Gasteiger partial charge is 0.228 e. The molecule has 0 aromatic carbocycles. The monoisotopic (exact) mass is 172 g/mol. The quantitative estimate of drug-likeness (QED) is 0.649. The van der Waals surface area contributed by atoms with Gasteiger partial charge in [-0.15, -0.1) is 0 Å². The summed E-state index contributed by atoms with van der Waals surface area (Å²) in [5.41, 5.74) is 0. The first-order chi connectivity index (χ1) is 5.63. The van der Waals surface area contributed by atoms with Gasteiger partial charge in [-0.05, 0) is 7.05 Å². The fraction of sp³-hybridized carbons (Fsp3) is 0.750. The summed E-state index contributed by atoms with van der Waals surface area (Å²) >= 11 is 0. The van der Waals surface area contributed by atoms with Crippen molar-refractivity contribution < 1.29 is 9.59 Å². The third-order valence-corrected chi connectivity index (χ3v) is 1.57. The maximum Gasteiger partial charge on any atom is 0.228 e. The lowest BCUT2D eigenvalue weighted by atomic mass is 10.3. The summed E-state index contributed by atoms with van der Waals surface area (Å²) in [6.45, 7) is 4.25. The second-order valence-electron chi connectivity index (χ2n) is 2.52. The highest BCUT2D eigenvalue weighted by molar-refractivity contribution is 5.93. The summed E-state index contributed by atoms with van der Waals surface area (Å²) in [5, 5.41) is 2.89. The van der Waals surface area contributed by atoms with Crippen molar-refractivity contribution in [3.63, 3.8) is 0 Å². The van der Waals surface area contributed by atoms with Crippen LogP contribution >= 0.6 is 0 Å². The molecule has 0 bridgehead atoms. The van der Waals surface area contributed by atoms with Gasteiger partial charge in [0, 0.05) is 26.4 Å². The molecule has 4 heteroatoms.